The van der Waals surface area contributed by atoms with Gasteiger partial charge in [0.2, 0.25) is 0 Å². The van der Waals surface area contributed by atoms with Crippen molar-refractivity contribution in [2.45, 2.75) is 6.61 Å². The molecule has 0 radical (unpaired) electrons. The first kappa shape index (κ1) is 16.5. The SMILES string of the molecule is O=c1cc(-c2ccccc2)nc2nc(OCc3cccc([N+](=O)[O-])c3)[nH]n12. The van der Waals surface area contributed by atoms with Crippen LogP contribution in [0.4, 0.5) is 5.69 Å². The Morgan fingerprint density at radius 3 is 2.67 bits per heavy atom. The lowest BCUT2D eigenvalue weighted by molar-refractivity contribution is -0.384. The predicted octanol–water partition coefficient (Wildman–Crippen LogP) is 2.57. The number of rotatable bonds is 5. The Morgan fingerprint density at radius 2 is 1.89 bits per heavy atom. The second-order valence-corrected chi connectivity index (χ2v) is 5.73. The van der Waals surface area contributed by atoms with Crippen LogP contribution in [0.5, 0.6) is 6.01 Å². The van der Waals surface area contributed by atoms with Crippen molar-refractivity contribution in [2.24, 2.45) is 0 Å². The van der Waals surface area contributed by atoms with E-state index in [1.165, 1.54) is 22.7 Å². The molecule has 4 rings (SSSR count). The van der Waals surface area contributed by atoms with Gasteiger partial charge in [-0.1, -0.05) is 42.5 Å². The fraction of sp³-hybridized carbons (Fsp3) is 0.0556. The predicted molar refractivity (Wildman–Crippen MR) is 96.5 cm³/mol. The Morgan fingerprint density at radius 1 is 1.07 bits per heavy atom. The Hall–Kier alpha value is -4.01. The van der Waals surface area contributed by atoms with Crippen molar-refractivity contribution in [2.75, 3.05) is 0 Å². The molecule has 0 atom stereocenters. The highest BCUT2D eigenvalue weighted by Gasteiger charge is 2.11. The standard InChI is InChI=1S/C18H13N5O4/c24-16-10-15(13-6-2-1-3-7-13)19-17-20-18(21-22(16)17)27-11-12-5-4-8-14(9-12)23(25)26/h1-10H,11H2,(H,19,20,21). The smallest absolute Gasteiger partial charge is 0.313 e. The van der Waals surface area contributed by atoms with E-state index in [-0.39, 0.29) is 29.6 Å². The molecule has 4 aromatic rings. The zero-order chi connectivity index (χ0) is 18.8. The maximum absolute atomic E-state index is 12.3. The van der Waals surface area contributed by atoms with E-state index in [0.29, 0.717) is 11.3 Å². The summed E-state index contributed by atoms with van der Waals surface area (Å²) in [7, 11) is 0. The molecule has 134 valence electrons. The molecule has 2 heterocycles. The van der Waals surface area contributed by atoms with Gasteiger partial charge in [0, 0.05) is 23.8 Å². The van der Waals surface area contributed by atoms with Gasteiger partial charge < -0.3 is 4.74 Å². The molecule has 0 aliphatic rings. The van der Waals surface area contributed by atoms with Crippen molar-refractivity contribution >= 4 is 11.5 Å². The van der Waals surface area contributed by atoms with Gasteiger partial charge in [0.05, 0.1) is 10.6 Å². The van der Waals surface area contributed by atoms with E-state index in [1.54, 1.807) is 12.1 Å². The minimum atomic E-state index is -0.473. The number of nitro benzene ring substituents is 1. The Kier molecular flexibility index (Phi) is 4.09. The first-order chi connectivity index (χ1) is 13.1. The summed E-state index contributed by atoms with van der Waals surface area (Å²) in [5.41, 5.74) is 1.58. The zero-order valence-electron chi connectivity index (χ0n) is 13.9. The Bertz CT molecular complexity index is 1180. The number of nitro groups is 1. The van der Waals surface area contributed by atoms with Crippen LogP contribution in [-0.4, -0.2) is 24.5 Å². The van der Waals surface area contributed by atoms with Crippen LogP contribution in [-0.2, 0) is 6.61 Å². The van der Waals surface area contributed by atoms with Crippen LogP contribution in [0.3, 0.4) is 0 Å². The third-order valence-corrected chi connectivity index (χ3v) is 3.88. The van der Waals surface area contributed by atoms with Gasteiger partial charge >= 0.3 is 6.01 Å². The number of aromatic amines is 1. The number of H-pyrrole nitrogens is 1. The molecule has 0 saturated carbocycles. The van der Waals surface area contributed by atoms with Crippen molar-refractivity contribution in [3.8, 4) is 17.3 Å². The molecule has 0 aliphatic carbocycles. The number of nitrogens with zero attached hydrogens (tertiary/aromatic N) is 4. The topological polar surface area (TPSA) is 115 Å². The minimum Gasteiger partial charge on any atom is -0.459 e. The summed E-state index contributed by atoms with van der Waals surface area (Å²) in [4.78, 5) is 31.2. The molecule has 2 aromatic carbocycles. The molecule has 2 aromatic heterocycles. The molecule has 0 amide bonds. The largest absolute Gasteiger partial charge is 0.459 e. The van der Waals surface area contributed by atoms with Crippen LogP contribution in [0, 0.1) is 10.1 Å². The van der Waals surface area contributed by atoms with Crippen LogP contribution in [0.25, 0.3) is 17.0 Å². The monoisotopic (exact) mass is 363 g/mol. The molecule has 0 aliphatic heterocycles. The van der Waals surface area contributed by atoms with Crippen LogP contribution in [0.2, 0.25) is 0 Å². The molecule has 27 heavy (non-hydrogen) atoms. The van der Waals surface area contributed by atoms with Crippen molar-refractivity contribution in [3.63, 3.8) is 0 Å². The average molecular weight is 363 g/mol. The van der Waals surface area contributed by atoms with Crippen molar-refractivity contribution in [1.29, 1.82) is 0 Å². The number of fused-ring (bicyclic) bond motifs is 1. The number of nitrogens with one attached hydrogen (secondary N) is 1. The normalized spacial score (nSPS) is 10.8. The molecular weight excluding hydrogens is 350 g/mol. The van der Waals surface area contributed by atoms with E-state index in [1.807, 2.05) is 30.3 Å². The van der Waals surface area contributed by atoms with Gasteiger partial charge in [0.25, 0.3) is 17.0 Å². The molecule has 9 nitrogen and oxygen atoms in total. The van der Waals surface area contributed by atoms with Gasteiger partial charge in [-0.15, -0.1) is 0 Å². The van der Waals surface area contributed by atoms with Gasteiger partial charge in [-0.3, -0.25) is 14.9 Å². The van der Waals surface area contributed by atoms with Gasteiger partial charge in [0.1, 0.15) is 6.61 Å². The quantitative estimate of drug-likeness (QED) is 0.430. The van der Waals surface area contributed by atoms with E-state index in [9.17, 15) is 14.9 Å². The van der Waals surface area contributed by atoms with E-state index >= 15 is 0 Å². The lowest BCUT2D eigenvalue weighted by atomic mass is 10.1. The molecule has 0 spiro atoms. The summed E-state index contributed by atoms with van der Waals surface area (Å²) in [6.07, 6.45) is 0. The lowest BCUT2D eigenvalue weighted by Crippen LogP contribution is -2.14. The summed E-state index contributed by atoms with van der Waals surface area (Å²) < 4.78 is 6.70. The van der Waals surface area contributed by atoms with Crippen molar-refractivity contribution < 1.29 is 9.66 Å². The highest BCUT2D eigenvalue weighted by Crippen LogP contribution is 2.17. The molecule has 9 heteroatoms. The number of hydrogen-bond acceptors (Lipinski definition) is 6. The van der Waals surface area contributed by atoms with Crippen LogP contribution in [0.1, 0.15) is 5.56 Å². The van der Waals surface area contributed by atoms with Crippen molar-refractivity contribution in [3.05, 3.63) is 86.7 Å². The number of aromatic nitrogens is 4. The molecule has 1 N–H and O–H groups in total. The van der Waals surface area contributed by atoms with Gasteiger partial charge in [0.15, 0.2) is 0 Å². The zero-order valence-corrected chi connectivity index (χ0v) is 13.9. The summed E-state index contributed by atoms with van der Waals surface area (Å²) in [5.74, 6) is 0.176. The molecular formula is C18H13N5O4. The van der Waals surface area contributed by atoms with Crippen LogP contribution >= 0.6 is 0 Å². The molecule has 0 fully saturated rings. The number of non-ortho nitro benzene ring substituents is 1. The van der Waals surface area contributed by atoms with E-state index in [0.717, 1.165) is 5.56 Å². The molecule has 0 bridgehead atoms. The highest BCUT2D eigenvalue weighted by molar-refractivity contribution is 5.60. The third kappa shape index (κ3) is 3.38. The van der Waals surface area contributed by atoms with E-state index in [4.69, 9.17) is 4.74 Å². The van der Waals surface area contributed by atoms with Gasteiger partial charge in [-0.25, -0.2) is 10.1 Å². The Labute approximate surface area is 152 Å². The minimum absolute atomic E-state index is 0.0221. The number of benzene rings is 2. The summed E-state index contributed by atoms with van der Waals surface area (Å²) in [5, 5.41) is 13.6. The fourth-order valence-electron chi connectivity index (χ4n) is 2.59. The number of ether oxygens (including phenoxy) is 1. The van der Waals surface area contributed by atoms with E-state index < -0.39 is 4.92 Å². The summed E-state index contributed by atoms with van der Waals surface area (Å²) >= 11 is 0. The molecule has 0 saturated heterocycles. The first-order valence-electron chi connectivity index (χ1n) is 8.01. The van der Waals surface area contributed by atoms with Gasteiger partial charge in [-0.05, 0) is 5.56 Å². The van der Waals surface area contributed by atoms with Crippen LogP contribution in [0.15, 0.2) is 65.5 Å². The summed E-state index contributed by atoms with van der Waals surface area (Å²) in [6, 6.07) is 16.9. The number of hydrogen-bond donors (Lipinski definition) is 1. The second-order valence-electron chi connectivity index (χ2n) is 5.73. The van der Waals surface area contributed by atoms with Crippen molar-refractivity contribution in [1.82, 2.24) is 19.6 Å². The lowest BCUT2D eigenvalue weighted by Gasteiger charge is -2.01. The maximum Gasteiger partial charge on any atom is 0.313 e. The average Bonchev–Trinajstić information content (AvgIpc) is 3.11. The van der Waals surface area contributed by atoms with E-state index in [2.05, 4.69) is 15.1 Å². The third-order valence-electron chi connectivity index (χ3n) is 3.88. The van der Waals surface area contributed by atoms with Gasteiger partial charge in [-0.2, -0.15) is 9.50 Å². The van der Waals surface area contributed by atoms with Crippen LogP contribution < -0.4 is 10.3 Å². The maximum atomic E-state index is 12.3. The Balaban J connectivity index is 1.60. The summed E-state index contributed by atoms with van der Waals surface area (Å²) in [6.45, 7) is 0.0573. The molecule has 0 unspecified atom stereocenters. The first-order valence-corrected chi connectivity index (χ1v) is 8.01. The highest BCUT2D eigenvalue weighted by atomic mass is 16.6. The second kappa shape index (κ2) is 6.71. The fourth-order valence-corrected chi connectivity index (χ4v) is 2.59.